The zero-order valence-electron chi connectivity index (χ0n) is 21.6. The molecular formula is C33H20N8. The summed E-state index contributed by atoms with van der Waals surface area (Å²) in [6.45, 7) is 0. The van der Waals surface area contributed by atoms with Crippen molar-refractivity contribution in [1.82, 2.24) is 19.9 Å². The monoisotopic (exact) mass is 528 g/mol. The van der Waals surface area contributed by atoms with E-state index in [-0.39, 0.29) is 0 Å². The van der Waals surface area contributed by atoms with E-state index < -0.39 is 5.91 Å². The van der Waals surface area contributed by atoms with Gasteiger partial charge in [-0.25, -0.2) is 19.9 Å². The van der Waals surface area contributed by atoms with Gasteiger partial charge in [-0.05, 0) is 24.3 Å². The van der Waals surface area contributed by atoms with Crippen molar-refractivity contribution in [2.75, 3.05) is 19.6 Å². The van der Waals surface area contributed by atoms with Crippen LogP contribution in [0.15, 0.2) is 122 Å². The topological polar surface area (TPSA) is 64.5 Å². The molecule has 0 radical (unpaired) electrons. The van der Waals surface area contributed by atoms with Crippen LogP contribution in [0.25, 0.3) is 22.3 Å². The first-order chi connectivity index (χ1) is 20.4. The van der Waals surface area contributed by atoms with E-state index in [1.807, 2.05) is 0 Å². The number of aromatic nitrogens is 4. The summed E-state index contributed by atoms with van der Waals surface area (Å²) < 4.78 is 0. The lowest BCUT2D eigenvalue weighted by atomic mass is 10.0. The lowest BCUT2D eigenvalue weighted by Gasteiger charge is -2.50. The van der Waals surface area contributed by atoms with Gasteiger partial charge in [-0.3, -0.25) is 19.6 Å². The number of hydrogen-bond acceptors (Lipinski definition) is 8. The Balaban J connectivity index is 1.49. The summed E-state index contributed by atoms with van der Waals surface area (Å²) in [5.41, 5.74) is 8.57. The quantitative estimate of drug-likeness (QED) is 0.207. The van der Waals surface area contributed by atoms with Crippen LogP contribution in [0, 0.1) is 0 Å². The molecule has 8 heteroatoms. The second-order valence-electron chi connectivity index (χ2n) is 10.4. The molecule has 4 aromatic carbocycles. The van der Waals surface area contributed by atoms with Gasteiger partial charge in [0.2, 0.25) is 0 Å². The number of fused-ring (bicyclic) bond motifs is 16. The van der Waals surface area contributed by atoms with Crippen LogP contribution >= 0.6 is 0 Å². The Hall–Kier alpha value is -5.76. The summed E-state index contributed by atoms with van der Waals surface area (Å²) in [6.07, 6.45) is 7.09. The molecule has 4 aliphatic rings. The van der Waals surface area contributed by atoms with Crippen LogP contribution in [-0.2, 0) is 0 Å². The van der Waals surface area contributed by atoms with Gasteiger partial charge >= 0.3 is 5.91 Å². The van der Waals surface area contributed by atoms with E-state index in [0.29, 0.717) is 0 Å². The fourth-order valence-corrected chi connectivity index (χ4v) is 7.13. The molecule has 0 fully saturated rings. The molecule has 192 valence electrons. The average molecular weight is 529 g/mol. The first-order valence-corrected chi connectivity index (χ1v) is 13.6. The van der Waals surface area contributed by atoms with E-state index >= 15 is 0 Å². The summed E-state index contributed by atoms with van der Waals surface area (Å²) in [4.78, 5) is 29.4. The molecule has 0 aliphatic carbocycles. The van der Waals surface area contributed by atoms with Crippen molar-refractivity contribution in [1.29, 1.82) is 0 Å². The third-order valence-corrected chi connectivity index (χ3v) is 8.53. The van der Waals surface area contributed by atoms with Crippen molar-refractivity contribution in [2.45, 2.75) is 5.91 Å². The summed E-state index contributed by atoms with van der Waals surface area (Å²) in [5, 5.41) is 0. The van der Waals surface area contributed by atoms with Gasteiger partial charge < -0.3 is 0 Å². The largest absolute Gasteiger partial charge is 0.300 e. The van der Waals surface area contributed by atoms with E-state index in [2.05, 4.69) is 117 Å². The van der Waals surface area contributed by atoms with Crippen LogP contribution in [0.1, 0.15) is 0 Å². The molecule has 8 nitrogen and oxygen atoms in total. The maximum Gasteiger partial charge on any atom is 0.300 e. The Kier molecular flexibility index (Phi) is 3.73. The Morgan fingerprint density at radius 1 is 0.341 bits per heavy atom. The number of nitrogens with zero attached hydrogens (tertiary/aromatic N) is 8. The van der Waals surface area contributed by atoms with Crippen molar-refractivity contribution in [3.05, 3.63) is 122 Å². The van der Waals surface area contributed by atoms with Crippen molar-refractivity contribution in [2.24, 2.45) is 0 Å². The zero-order chi connectivity index (χ0) is 26.7. The Labute approximate surface area is 235 Å². The van der Waals surface area contributed by atoms with Crippen LogP contribution in [-0.4, -0.2) is 25.8 Å². The Morgan fingerprint density at radius 3 is 0.854 bits per heavy atom. The van der Waals surface area contributed by atoms with Crippen molar-refractivity contribution >= 4 is 46.0 Å². The molecule has 0 saturated heterocycles. The molecule has 0 unspecified atom stereocenters. The molecule has 6 heterocycles. The average Bonchev–Trinajstić information content (AvgIpc) is 3.41. The maximum atomic E-state index is 5.01. The molecule has 0 bridgehead atoms. The molecule has 0 amide bonds. The number of anilines is 8. The highest BCUT2D eigenvalue weighted by Gasteiger charge is 2.69. The van der Waals surface area contributed by atoms with Crippen molar-refractivity contribution in [3.8, 4) is 22.3 Å². The second kappa shape index (κ2) is 7.25. The maximum absolute atomic E-state index is 5.01. The molecule has 1 spiro atoms. The fraction of sp³-hybridized carbons (Fsp3) is 0.0303. The molecule has 0 N–H and O–H groups in total. The van der Waals surface area contributed by atoms with Crippen molar-refractivity contribution < 1.29 is 0 Å². The van der Waals surface area contributed by atoms with Crippen molar-refractivity contribution in [3.63, 3.8) is 0 Å². The van der Waals surface area contributed by atoms with Crippen LogP contribution in [0.5, 0.6) is 0 Å². The number of para-hydroxylation sites is 4. The Morgan fingerprint density at radius 2 is 0.585 bits per heavy atom. The minimum atomic E-state index is -1.04. The molecule has 2 aromatic heterocycles. The Bertz CT molecular complexity index is 1780. The molecule has 10 rings (SSSR count). The second-order valence-corrected chi connectivity index (χ2v) is 10.4. The number of hydrogen-bond donors (Lipinski definition) is 0. The summed E-state index contributed by atoms with van der Waals surface area (Å²) in [6, 6.07) is 34.2. The van der Waals surface area contributed by atoms with E-state index in [4.69, 9.17) is 19.9 Å². The third kappa shape index (κ3) is 2.31. The summed E-state index contributed by atoms with van der Waals surface area (Å²) in [5.74, 6) is 2.03. The zero-order valence-corrected chi connectivity index (χ0v) is 21.6. The van der Waals surface area contributed by atoms with Crippen LogP contribution in [0.2, 0.25) is 0 Å². The van der Waals surface area contributed by atoms with Crippen LogP contribution < -0.4 is 19.6 Å². The lowest BCUT2D eigenvalue weighted by molar-refractivity contribution is 0.479. The molecule has 0 saturated carbocycles. The molecule has 0 atom stereocenters. The predicted molar refractivity (Wildman–Crippen MR) is 159 cm³/mol. The predicted octanol–water partition coefficient (Wildman–Crippen LogP) is 7.12. The normalized spacial score (nSPS) is 15.8. The minimum absolute atomic E-state index is 0.768. The van der Waals surface area contributed by atoms with E-state index in [0.717, 1.165) is 68.3 Å². The smallest absolute Gasteiger partial charge is 0.262 e. The van der Waals surface area contributed by atoms with Gasteiger partial charge in [-0.15, -0.1) is 0 Å². The molecular weight excluding hydrogens is 508 g/mol. The van der Waals surface area contributed by atoms with Gasteiger partial charge in [0, 0.05) is 47.0 Å². The number of rotatable bonds is 0. The summed E-state index contributed by atoms with van der Waals surface area (Å²) >= 11 is 0. The SMILES string of the molecule is c1ccc2c(c1)-c1ccccc1N1c3nccnc3N3c4ccccc4-c4ccccc4N4c5nccnc5N2C413. The summed E-state index contributed by atoms with van der Waals surface area (Å²) in [7, 11) is 0. The number of benzene rings is 4. The van der Waals surface area contributed by atoms with Gasteiger partial charge in [0.25, 0.3) is 0 Å². The fourth-order valence-electron chi connectivity index (χ4n) is 7.13. The molecule has 41 heavy (non-hydrogen) atoms. The highest BCUT2D eigenvalue weighted by Crippen LogP contribution is 2.68. The first-order valence-electron chi connectivity index (χ1n) is 13.6. The van der Waals surface area contributed by atoms with Gasteiger partial charge in [-0.2, -0.15) is 0 Å². The first kappa shape index (κ1) is 21.1. The van der Waals surface area contributed by atoms with Gasteiger partial charge in [0.15, 0.2) is 23.3 Å². The molecule has 6 aromatic rings. The lowest BCUT2D eigenvalue weighted by Crippen LogP contribution is -2.69. The minimum Gasteiger partial charge on any atom is -0.262 e. The standard InChI is InChI=1S/C33H20N8/c1-5-13-25-21(9-1)22-10-2-6-14-26(22)39-31-32(37-20-19-36-31)41-28-16-8-4-12-24(28)23-11-3-7-15-27(23)40-30-29(34-17-18-35-30)38(25)33(39,40)41/h1-20H. The van der Waals surface area contributed by atoms with Gasteiger partial charge in [0.1, 0.15) is 0 Å². The van der Waals surface area contributed by atoms with Gasteiger partial charge in [-0.1, -0.05) is 72.8 Å². The highest BCUT2D eigenvalue weighted by molar-refractivity contribution is 6.09. The van der Waals surface area contributed by atoms with Crippen LogP contribution in [0.3, 0.4) is 0 Å². The van der Waals surface area contributed by atoms with E-state index in [1.165, 1.54) is 0 Å². The van der Waals surface area contributed by atoms with E-state index in [9.17, 15) is 0 Å². The van der Waals surface area contributed by atoms with E-state index in [1.54, 1.807) is 24.8 Å². The third-order valence-electron chi connectivity index (χ3n) is 8.53. The van der Waals surface area contributed by atoms with Crippen LogP contribution in [0.4, 0.5) is 46.0 Å². The van der Waals surface area contributed by atoms with Gasteiger partial charge in [0.05, 0.1) is 22.7 Å². The highest BCUT2D eigenvalue weighted by atomic mass is 15.8. The molecule has 4 aliphatic heterocycles.